The molecule has 132 valence electrons. The third-order valence-electron chi connectivity index (χ3n) is 3.99. The first kappa shape index (κ1) is 18.6. The molecule has 1 saturated heterocycles. The van der Waals surface area contributed by atoms with Crippen molar-refractivity contribution in [3.05, 3.63) is 29.3 Å². The highest BCUT2D eigenvalue weighted by Gasteiger charge is 2.32. The molecule has 24 heavy (non-hydrogen) atoms. The molecule has 1 aromatic carbocycles. The Bertz CT molecular complexity index is 587. The van der Waals surface area contributed by atoms with Crippen molar-refractivity contribution in [3.63, 3.8) is 0 Å². The fraction of sp³-hybridized carbons (Fsp3) is 0.556. The van der Waals surface area contributed by atoms with Gasteiger partial charge in [0.05, 0.1) is 0 Å². The standard InChI is InChI=1S/C18H25ClN2O3/c1-13(24-15-7-5-14(19)6-8-15)16(22)20-9-11-21(12-10-20)17(23)18(2,3)4/h5-8,13H,9-12H2,1-4H3. The molecule has 0 N–H and O–H groups in total. The van der Waals surface area contributed by atoms with Crippen molar-refractivity contribution >= 4 is 23.4 Å². The van der Waals surface area contributed by atoms with Crippen LogP contribution in [-0.4, -0.2) is 53.9 Å². The van der Waals surface area contributed by atoms with Crippen molar-refractivity contribution in [2.24, 2.45) is 5.41 Å². The van der Waals surface area contributed by atoms with Gasteiger partial charge in [0.1, 0.15) is 5.75 Å². The van der Waals surface area contributed by atoms with Crippen LogP contribution in [0, 0.1) is 5.41 Å². The lowest BCUT2D eigenvalue weighted by molar-refractivity contribution is -0.147. The zero-order chi connectivity index (χ0) is 17.9. The second kappa shape index (κ2) is 7.43. The monoisotopic (exact) mass is 352 g/mol. The molecule has 1 heterocycles. The van der Waals surface area contributed by atoms with Gasteiger partial charge < -0.3 is 14.5 Å². The molecule has 0 bridgehead atoms. The summed E-state index contributed by atoms with van der Waals surface area (Å²) in [5.74, 6) is 0.676. The zero-order valence-electron chi connectivity index (χ0n) is 14.7. The molecule has 0 radical (unpaired) electrons. The van der Waals surface area contributed by atoms with Gasteiger partial charge in [0.25, 0.3) is 5.91 Å². The first-order valence-electron chi connectivity index (χ1n) is 8.19. The predicted octanol–water partition coefficient (Wildman–Crippen LogP) is 2.82. The van der Waals surface area contributed by atoms with E-state index in [1.165, 1.54) is 0 Å². The third-order valence-corrected chi connectivity index (χ3v) is 4.25. The molecule has 0 saturated carbocycles. The molecule has 0 spiro atoms. The minimum atomic E-state index is -0.573. The molecule has 1 aromatic rings. The van der Waals surface area contributed by atoms with Crippen LogP contribution >= 0.6 is 11.6 Å². The van der Waals surface area contributed by atoms with Crippen molar-refractivity contribution in [2.75, 3.05) is 26.2 Å². The maximum Gasteiger partial charge on any atom is 0.263 e. The smallest absolute Gasteiger partial charge is 0.263 e. The van der Waals surface area contributed by atoms with Crippen LogP contribution in [-0.2, 0) is 9.59 Å². The minimum Gasteiger partial charge on any atom is -0.481 e. The highest BCUT2D eigenvalue weighted by atomic mass is 35.5. The van der Waals surface area contributed by atoms with Crippen LogP contribution in [0.5, 0.6) is 5.75 Å². The number of rotatable bonds is 3. The zero-order valence-corrected chi connectivity index (χ0v) is 15.5. The molecule has 1 fully saturated rings. The maximum absolute atomic E-state index is 12.5. The normalized spacial score (nSPS) is 16.7. The highest BCUT2D eigenvalue weighted by Crippen LogP contribution is 2.20. The van der Waals surface area contributed by atoms with Gasteiger partial charge in [0, 0.05) is 36.6 Å². The Hall–Kier alpha value is -1.75. The Morgan fingerprint density at radius 1 is 1.04 bits per heavy atom. The fourth-order valence-electron chi connectivity index (χ4n) is 2.63. The van der Waals surface area contributed by atoms with Crippen molar-refractivity contribution in [2.45, 2.75) is 33.8 Å². The second-order valence-corrected chi connectivity index (χ2v) is 7.52. The number of piperazine rings is 1. The van der Waals surface area contributed by atoms with Gasteiger partial charge >= 0.3 is 0 Å². The molecule has 5 nitrogen and oxygen atoms in total. The number of halogens is 1. The lowest BCUT2D eigenvalue weighted by Crippen LogP contribution is -2.55. The van der Waals surface area contributed by atoms with Crippen molar-refractivity contribution < 1.29 is 14.3 Å². The number of hydrogen-bond acceptors (Lipinski definition) is 3. The quantitative estimate of drug-likeness (QED) is 0.840. The summed E-state index contributed by atoms with van der Waals surface area (Å²) >= 11 is 5.84. The molecule has 1 atom stereocenters. The molecule has 1 aliphatic heterocycles. The van der Waals surface area contributed by atoms with Crippen molar-refractivity contribution in [1.29, 1.82) is 0 Å². The Morgan fingerprint density at radius 3 is 2.04 bits per heavy atom. The van der Waals surface area contributed by atoms with E-state index in [1.807, 2.05) is 25.7 Å². The van der Waals surface area contributed by atoms with Gasteiger partial charge in [-0.05, 0) is 31.2 Å². The van der Waals surface area contributed by atoms with Gasteiger partial charge in [-0.15, -0.1) is 0 Å². The summed E-state index contributed by atoms with van der Waals surface area (Å²) in [5.41, 5.74) is -0.392. The van der Waals surface area contributed by atoms with Crippen LogP contribution in [0.3, 0.4) is 0 Å². The number of carbonyl (C=O) groups excluding carboxylic acids is 2. The Kier molecular flexibility index (Phi) is 5.75. The predicted molar refractivity (Wildman–Crippen MR) is 94.2 cm³/mol. The van der Waals surface area contributed by atoms with Gasteiger partial charge in [0.2, 0.25) is 5.91 Å². The average molecular weight is 353 g/mol. The van der Waals surface area contributed by atoms with Crippen LogP contribution in [0.2, 0.25) is 5.02 Å². The molecule has 1 aliphatic rings. The summed E-state index contributed by atoms with van der Waals surface area (Å²) in [6.45, 7) is 9.68. The van der Waals surface area contributed by atoms with Crippen LogP contribution in [0.25, 0.3) is 0 Å². The lowest BCUT2D eigenvalue weighted by Gasteiger charge is -2.38. The highest BCUT2D eigenvalue weighted by molar-refractivity contribution is 6.30. The van der Waals surface area contributed by atoms with E-state index in [0.717, 1.165) is 0 Å². The minimum absolute atomic E-state index is 0.0622. The number of carbonyl (C=O) groups is 2. The molecule has 2 amide bonds. The van der Waals surface area contributed by atoms with E-state index < -0.39 is 11.5 Å². The maximum atomic E-state index is 12.5. The number of benzene rings is 1. The van der Waals surface area contributed by atoms with Gasteiger partial charge in [-0.3, -0.25) is 9.59 Å². The lowest BCUT2D eigenvalue weighted by atomic mass is 9.94. The number of ether oxygens (including phenoxy) is 1. The van der Waals surface area contributed by atoms with E-state index in [9.17, 15) is 9.59 Å². The van der Waals surface area contributed by atoms with E-state index in [0.29, 0.717) is 37.0 Å². The molecule has 0 aromatic heterocycles. The SMILES string of the molecule is CC(Oc1ccc(Cl)cc1)C(=O)N1CCN(C(=O)C(C)(C)C)CC1. The Balaban J connectivity index is 1.88. The van der Waals surface area contributed by atoms with Crippen LogP contribution in [0.1, 0.15) is 27.7 Å². The first-order chi connectivity index (χ1) is 11.2. The van der Waals surface area contributed by atoms with Crippen LogP contribution < -0.4 is 4.74 Å². The molecule has 2 rings (SSSR count). The summed E-state index contributed by atoms with van der Waals surface area (Å²) in [7, 11) is 0. The molecular weight excluding hydrogens is 328 g/mol. The van der Waals surface area contributed by atoms with Gasteiger partial charge in [-0.1, -0.05) is 32.4 Å². The van der Waals surface area contributed by atoms with Crippen LogP contribution in [0.4, 0.5) is 0 Å². The van der Waals surface area contributed by atoms with Crippen LogP contribution in [0.15, 0.2) is 24.3 Å². The van der Waals surface area contributed by atoms with Crippen molar-refractivity contribution in [3.8, 4) is 5.75 Å². The fourth-order valence-corrected chi connectivity index (χ4v) is 2.76. The number of amides is 2. The summed E-state index contributed by atoms with van der Waals surface area (Å²) < 4.78 is 5.68. The average Bonchev–Trinajstić information content (AvgIpc) is 2.55. The first-order valence-corrected chi connectivity index (χ1v) is 8.56. The number of hydrogen-bond donors (Lipinski definition) is 0. The Morgan fingerprint density at radius 2 is 1.54 bits per heavy atom. The second-order valence-electron chi connectivity index (χ2n) is 7.08. The topological polar surface area (TPSA) is 49.9 Å². The largest absolute Gasteiger partial charge is 0.481 e. The van der Waals surface area contributed by atoms with E-state index in [-0.39, 0.29) is 11.8 Å². The summed E-state index contributed by atoms with van der Waals surface area (Å²) in [4.78, 5) is 28.4. The summed E-state index contributed by atoms with van der Waals surface area (Å²) in [6.07, 6.45) is -0.573. The van der Waals surface area contributed by atoms with Gasteiger partial charge in [0.15, 0.2) is 6.10 Å². The summed E-state index contributed by atoms with van der Waals surface area (Å²) in [5, 5.41) is 0.626. The van der Waals surface area contributed by atoms with Crippen molar-refractivity contribution in [1.82, 2.24) is 9.80 Å². The van der Waals surface area contributed by atoms with E-state index in [1.54, 1.807) is 36.1 Å². The number of nitrogens with zero attached hydrogens (tertiary/aromatic N) is 2. The third kappa shape index (κ3) is 4.63. The summed E-state index contributed by atoms with van der Waals surface area (Å²) in [6, 6.07) is 6.94. The van der Waals surface area contributed by atoms with Gasteiger partial charge in [-0.25, -0.2) is 0 Å². The van der Waals surface area contributed by atoms with E-state index >= 15 is 0 Å². The molecule has 0 aliphatic carbocycles. The molecule has 1 unspecified atom stereocenters. The Labute approximate surface area is 148 Å². The molecular formula is C18H25ClN2O3. The van der Waals surface area contributed by atoms with E-state index in [2.05, 4.69) is 0 Å². The van der Waals surface area contributed by atoms with E-state index in [4.69, 9.17) is 16.3 Å². The van der Waals surface area contributed by atoms with Gasteiger partial charge in [-0.2, -0.15) is 0 Å². The molecule has 6 heteroatoms.